The minimum atomic E-state index is -0.884. The van der Waals surface area contributed by atoms with Crippen molar-refractivity contribution in [1.82, 2.24) is 10.2 Å². The minimum absolute atomic E-state index is 0.295. The van der Waals surface area contributed by atoms with Gasteiger partial charge in [-0.05, 0) is 29.8 Å². The fraction of sp³-hybridized carbons (Fsp3) is 0.278. The van der Waals surface area contributed by atoms with Crippen molar-refractivity contribution < 1.29 is 19.1 Å². The molecule has 126 valence electrons. The number of rotatable bonds is 5. The van der Waals surface area contributed by atoms with Gasteiger partial charge >= 0.3 is 5.97 Å². The van der Waals surface area contributed by atoms with Crippen LogP contribution in [0.15, 0.2) is 42.5 Å². The van der Waals surface area contributed by atoms with Crippen LogP contribution in [-0.4, -0.2) is 49.4 Å². The van der Waals surface area contributed by atoms with E-state index in [4.69, 9.17) is 4.74 Å². The Labute approximate surface area is 140 Å². The number of carbonyl (C=O) groups excluding carboxylic acids is 3. The van der Waals surface area contributed by atoms with E-state index < -0.39 is 12.1 Å². The van der Waals surface area contributed by atoms with Crippen LogP contribution < -0.4 is 5.32 Å². The number of hydrogen-bond donors (Lipinski definition) is 1. The van der Waals surface area contributed by atoms with Gasteiger partial charge in [0.2, 0.25) is 0 Å². The Morgan fingerprint density at radius 3 is 2.42 bits per heavy atom. The maximum Gasteiger partial charge on any atom is 0.326 e. The average molecular weight is 328 g/mol. The Morgan fingerprint density at radius 2 is 1.75 bits per heavy atom. The molecule has 1 atom stereocenters. The molecule has 2 rings (SSSR count). The molecule has 1 N–H and O–H groups in total. The molecule has 0 aliphatic heterocycles. The number of benzene rings is 2. The molecular formula is C18H20N2O4. The van der Waals surface area contributed by atoms with Crippen LogP contribution in [0.3, 0.4) is 0 Å². The average Bonchev–Trinajstić information content (AvgIpc) is 2.58. The molecule has 0 unspecified atom stereocenters. The number of nitrogens with zero attached hydrogens (tertiary/aromatic N) is 1. The highest BCUT2D eigenvalue weighted by molar-refractivity contribution is 5.99. The van der Waals surface area contributed by atoms with Crippen molar-refractivity contribution in [2.45, 2.75) is 13.0 Å². The topological polar surface area (TPSA) is 75.7 Å². The number of ether oxygens (including phenoxy) is 1. The highest BCUT2D eigenvalue weighted by atomic mass is 16.5. The van der Waals surface area contributed by atoms with Gasteiger partial charge in [0.1, 0.15) is 6.54 Å². The SMILES string of the molecule is C[C@@H](OC(=O)CNC(=O)c1ccc2ccccc2c1)C(=O)N(C)C. The Morgan fingerprint density at radius 1 is 1.08 bits per heavy atom. The normalized spacial score (nSPS) is 11.6. The molecule has 0 spiro atoms. The lowest BCUT2D eigenvalue weighted by molar-refractivity contribution is -0.157. The molecular weight excluding hydrogens is 308 g/mol. The predicted molar refractivity (Wildman–Crippen MR) is 90.5 cm³/mol. The van der Waals surface area contributed by atoms with E-state index in [1.165, 1.54) is 11.8 Å². The van der Waals surface area contributed by atoms with Crippen LogP contribution in [-0.2, 0) is 14.3 Å². The second-order valence-electron chi connectivity index (χ2n) is 5.61. The van der Waals surface area contributed by atoms with Gasteiger partial charge in [-0.1, -0.05) is 30.3 Å². The molecule has 0 aliphatic carbocycles. The Balaban J connectivity index is 1.92. The summed E-state index contributed by atoms with van der Waals surface area (Å²) < 4.78 is 4.99. The van der Waals surface area contributed by atoms with E-state index in [1.807, 2.05) is 30.3 Å². The van der Waals surface area contributed by atoms with Crippen molar-refractivity contribution in [2.75, 3.05) is 20.6 Å². The lowest BCUT2D eigenvalue weighted by Crippen LogP contribution is -2.38. The first-order chi connectivity index (χ1) is 11.4. The van der Waals surface area contributed by atoms with Crippen LogP contribution in [0.25, 0.3) is 10.8 Å². The molecule has 24 heavy (non-hydrogen) atoms. The van der Waals surface area contributed by atoms with E-state index in [2.05, 4.69) is 5.32 Å². The summed E-state index contributed by atoms with van der Waals surface area (Å²) in [6.07, 6.45) is -0.884. The van der Waals surface area contributed by atoms with Gasteiger partial charge in [0, 0.05) is 19.7 Å². The largest absolute Gasteiger partial charge is 0.451 e. The van der Waals surface area contributed by atoms with Gasteiger partial charge in [-0.2, -0.15) is 0 Å². The van der Waals surface area contributed by atoms with Crippen molar-refractivity contribution >= 4 is 28.6 Å². The number of carbonyl (C=O) groups is 3. The predicted octanol–water partition coefficient (Wildman–Crippen LogP) is 1.59. The maximum atomic E-state index is 12.1. The number of esters is 1. The quantitative estimate of drug-likeness (QED) is 0.846. The van der Waals surface area contributed by atoms with Crippen LogP contribution in [0.5, 0.6) is 0 Å². The van der Waals surface area contributed by atoms with Crippen molar-refractivity contribution in [3.8, 4) is 0 Å². The lowest BCUT2D eigenvalue weighted by Gasteiger charge is -2.17. The Kier molecular flexibility index (Phi) is 5.52. The van der Waals surface area contributed by atoms with E-state index in [-0.39, 0.29) is 18.4 Å². The molecule has 0 radical (unpaired) electrons. The molecule has 0 bridgehead atoms. The number of fused-ring (bicyclic) bond motifs is 1. The molecule has 2 aromatic rings. The molecule has 2 aromatic carbocycles. The number of likely N-dealkylation sites (N-methyl/N-ethyl adjacent to an activating group) is 1. The van der Waals surface area contributed by atoms with Gasteiger partial charge in [0.15, 0.2) is 6.10 Å². The molecule has 6 heteroatoms. The van der Waals surface area contributed by atoms with Crippen LogP contribution >= 0.6 is 0 Å². The summed E-state index contributed by atoms with van der Waals surface area (Å²) in [5.41, 5.74) is 0.457. The first-order valence-electron chi connectivity index (χ1n) is 7.56. The zero-order valence-corrected chi connectivity index (χ0v) is 13.9. The molecule has 0 heterocycles. The second-order valence-corrected chi connectivity index (χ2v) is 5.61. The second kappa shape index (κ2) is 7.59. The lowest BCUT2D eigenvalue weighted by atomic mass is 10.1. The van der Waals surface area contributed by atoms with Crippen molar-refractivity contribution in [3.05, 3.63) is 48.0 Å². The molecule has 0 saturated carbocycles. The third kappa shape index (κ3) is 4.32. The molecule has 0 saturated heterocycles. The summed E-state index contributed by atoms with van der Waals surface area (Å²) in [5, 5.41) is 4.47. The van der Waals surface area contributed by atoms with E-state index >= 15 is 0 Å². The Bertz CT molecular complexity index is 770. The number of hydrogen-bond acceptors (Lipinski definition) is 4. The van der Waals surface area contributed by atoms with E-state index in [9.17, 15) is 14.4 Å². The van der Waals surface area contributed by atoms with Gasteiger partial charge in [0.05, 0.1) is 0 Å². The fourth-order valence-corrected chi connectivity index (χ4v) is 2.24. The molecule has 0 aliphatic rings. The zero-order chi connectivity index (χ0) is 17.7. The van der Waals surface area contributed by atoms with Crippen LogP contribution in [0.4, 0.5) is 0 Å². The summed E-state index contributed by atoms with van der Waals surface area (Å²) in [6.45, 7) is 1.20. The van der Waals surface area contributed by atoms with E-state index in [1.54, 1.807) is 26.2 Å². The van der Waals surface area contributed by atoms with E-state index in [0.717, 1.165) is 10.8 Å². The summed E-state index contributed by atoms with van der Waals surface area (Å²) >= 11 is 0. The van der Waals surface area contributed by atoms with Crippen molar-refractivity contribution in [1.29, 1.82) is 0 Å². The first kappa shape index (κ1) is 17.5. The monoisotopic (exact) mass is 328 g/mol. The third-order valence-electron chi connectivity index (χ3n) is 3.50. The highest BCUT2D eigenvalue weighted by Gasteiger charge is 2.19. The van der Waals surface area contributed by atoms with Crippen LogP contribution in [0, 0.1) is 0 Å². The number of amides is 2. The van der Waals surface area contributed by atoms with Gasteiger partial charge in [-0.15, -0.1) is 0 Å². The highest BCUT2D eigenvalue weighted by Crippen LogP contribution is 2.15. The standard InChI is InChI=1S/C18H20N2O4/c1-12(18(23)20(2)3)24-16(21)11-19-17(22)15-9-8-13-6-4-5-7-14(13)10-15/h4-10,12H,11H2,1-3H3,(H,19,22)/t12-/m1/s1. The van der Waals surface area contributed by atoms with E-state index in [0.29, 0.717) is 5.56 Å². The molecule has 0 aromatic heterocycles. The van der Waals surface area contributed by atoms with Gasteiger partial charge in [-0.25, -0.2) is 0 Å². The molecule has 6 nitrogen and oxygen atoms in total. The maximum absolute atomic E-state index is 12.1. The number of nitrogens with one attached hydrogen (secondary N) is 1. The molecule has 2 amide bonds. The summed E-state index contributed by atoms with van der Waals surface area (Å²) in [4.78, 5) is 36.8. The fourth-order valence-electron chi connectivity index (χ4n) is 2.24. The van der Waals surface area contributed by atoms with Gasteiger partial charge in [0.25, 0.3) is 11.8 Å². The Hall–Kier alpha value is -2.89. The van der Waals surface area contributed by atoms with Gasteiger partial charge < -0.3 is 15.0 Å². The third-order valence-corrected chi connectivity index (χ3v) is 3.50. The summed E-state index contributed by atoms with van der Waals surface area (Å²) in [6, 6.07) is 13.0. The van der Waals surface area contributed by atoms with Crippen molar-refractivity contribution in [2.24, 2.45) is 0 Å². The van der Waals surface area contributed by atoms with Crippen LogP contribution in [0.2, 0.25) is 0 Å². The zero-order valence-electron chi connectivity index (χ0n) is 13.9. The van der Waals surface area contributed by atoms with Crippen molar-refractivity contribution in [3.63, 3.8) is 0 Å². The molecule has 0 fully saturated rings. The first-order valence-corrected chi connectivity index (χ1v) is 7.56. The summed E-state index contributed by atoms with van der Waals surface area (Å²) in [5.74, 6) is -1.35. The minimum Gasteiger partial charge on any atom is -0.451 e. The van der Waals surface area contributed by atoms with Gasteiger partial charge in [-0.3, -0.25) is 14.4 Å². The summed E-state index contributed by atoms with van der Waals surface area (Å²) in [7, 11) is 3.16. The smallest absolute Gasteiger partial charge is 0.326 e. The van der Waals surface area contributed by atoms with Crippen LogP contribution in [0.1, 0.15) is 17.3 Å².